The first-order chi connectivity index (χ1) is 10.4. The van der Waals surface area contributed by atoms with E-state index >= 15 is 0 Å². The Labute approximate surface area is 136 Å². The van der Waals surface area contributed by atoms with Crippen LogP contribution in [0.25, 0.3) is 0 Å². The molecule has 0 aromatic heterocycles. The molecule has 1 saturated heterocycles. The molecule has 2 rings (SSSR count). The fraction of sp³-hybridized carbons (Fsp3) is 0.588. The lowest BCUT2D eigenvalue weighted by atomic mass is 9.73. The molecule has 0 unspecified atom stereocenters. The van der Waals surface area contributed by atoms with E-state index in [1.54, 1.807) is 23.1 Å². The van der Waals surface area contributed by atoms with Gasteiger partial charge in [0.25, 0.3) is 5.91 Å². The van der Waals surface area contributed by atoms with Crippen molar-refractivity contribution in [3.8, 4) is 0 Å². The highest BCUT2D eigenvalue weighted by atomic mass is 35.5. The summed E-state index contributed by atoms with van der Waals surface area (Å²) >= 11 is 5.99. The van der Waals surface area contributed by atoms with Crippen LogP contribution < -0.4 is 0 Å². The number of likely N-dealkylation sites (tertiary alicyclic amines) is 1. The molecule has 0 bridgehead atoms. The zero-order valence-corrected chi connectivity index (χ0v) is 13.9. The van der Waals surface area contributed by atoms with Crippen LogP contribution in [0, 0.1) is 12.3 Å². The number of carbonyl (C=O) groups is 1. The van der Waals surface area contributed by atoms with Gasteiger partial charge < -0.3 is 15.1 Å². The Hall–Kier alpha value is -1.10. The quantitative estimate of drug-likeness (QED) is 0.894. The fourth-order valence-corrected chi connectivity index (χ4v) is 3.33. The topological polar surface area (TPSA) is 60.8 Å². The van der Waals surface area contributed by atoms with Gasteiger partial charge >= 0.3 is 0 Å². The molecule has 0 radical (unpaired) electrons. The van der Waals surface area contributed by atoms with Crippen LogP contribution in [-0.2, 0) is 0 Å². The zero-order valence-electron chi connectivity index (χ0n) is 13.2. The number of aliphatic hydroxyl groups is 2. The second-order valence-electron chi connectivity index (χ2n) is 6.25. The lowest BCUT2D eigenvalue weighted by Gasteiger charge is -2.44. The van der Waals surface area contributed by atoms with Crippen molar-refractivity contribution in [1.29, 1.82) is 0 Å². The van der Waals surface area contributed by atoms with Crippen LogP contribution >= 0.6 is 11.6 Å². The van der Waals surface area contributed by atoms with E-state index in [0.29, 0.717) is 23.6 Å². The lowest BCUT2D eigenvalue weighted by molar-refractivity contribution is -0.0713. The molecule has 1 aliphatic rings. The van der Waals surface area contributed by atoms with Gasteiger partial charge in [-0.3, -0.25) is 4.79 Å². The molecule has 2 N–H and O–H groups in total. The van der Waals surface area contributed by atoms with E-state index in [9.17, 15) is 15.0 Å². The van der Waals surface area contributed by atoms with Crippen molar-refractivity contribution < 1.29 is 15.0 Å². The molecule has 2 atom stereocenters. The highest BCUT2D eigenvalue weighted by molar-refractivity contribution is 6.31. The number of benzene rings is 1. The van der Waals surface area contributed by atoms with E-state index in [0.717, 1.165) is 18.4 Å². The summed E-state index contributed by atoms with van der Waals surface area (Å²) in [5.74, 6) is -0.0955. The maximum absolute atomic E-state index is 12.6. The maximum atomic E-state index is 12.6. The summed E-state index contributed by atoms with van der Waals surface area (Å²) in [7, 11) is 0. The zero-order chi connectivity index (χ0) is 16.3. The number of carbonyl (C=O) groups excluding carboxylic acids is 1. The molecule has 1 fully saturated rings. The van der Waals surface area contributed by atoms with Crippen LogP contribution in [0.5, 0.6) is 0 Å². The number of hydrogen-bond donors (Lipinski definition) is 2. The monoisotopic (exact) mass is 325 g/mol. The van der Waals surface area contributed by atoms with E-state index in [-0.39, 0.29) is 19.1 Å². The highest BCUT2D eigenvalue weighted by Crippen LogP contribution is 2.36. The summed E-state index contributed by atoms with van der Waals surface area (Å²) < 4.78 is 0. The first-order valence-electron chi connectivity index (χ1n) is 7.78. The number of nitrogens with zero attached hydrogens (tertiary/aromatic N) is 1. The molecule has 1 amide bonds. The molecule has 22 heavy (non-hydrogen) atoms. The third-order valence-corrected chi connectivity index (χ3v) is 5.16. The van der Waals surface area contributed by atoms with Crippen molar-refractivity contribution in [3.63, 3.8) is 0 Å². The van der Waals surface area contributed by atoms with Crippen molar-refractivity contribution >= 4 is 17.5 Å². The number of halogens is 1. The van der Waals surface area contributed by atoms with E-state index in [1.807, 2.05) is 13.8 Å². The number of hydrogen-bond acceptors (Lipinski definition) is 3. The van der Waals surface area contributed by atoms with Crippen LogP contribution in [-0.4, -0.2) is 46.8 Å². The van der Waals surface area contributed by atoms with Gasteiger partial charge in [0.15, 0.2) is 0 Å². The summed E-state index contributed by atoms with van der Waals surface area (Å²) in [6.07, 6.45) is 1.61. The van der Waals surface area contributed by atoms with Crippen molar-refractivity contribution in [1.82, 2.24) is 4.90 Å². The minimum absolute atomic E-state index is 0.0376. The molecular weight excluding hydrogens is 302 g/mol. The Morgan fingerprint density at radius 3 is 2.77 bits per heavy atom. The molecule has 1 aromatic carbocycles. The third-order valence-electron chi connectivity index (χ3n) is 4.73. The van der Waals surface area contributed by atoms with Crippen molar-refractivity contribution in [2.75, 3.05) is 19.7 Å². The predicted molar refractivity (Wildman–Crippen MR) is 87.1 cm³/mol. The van der Waals surface area contributed by atoms with Crippen molar-refractivity contribution in [2.45, 2.75) is 39.2 Å². The van der Waals surface area contributed by atoms with Gasteiger partial charge in [-0.05, 0) is 43.5 Å². The standard InChI is InChI=1S/C17H24ClNO3/c1-3-6-17(11-20)7-8-19(10-15(17)21)16(22)13-4-5-14(18)12(2)9-13/h4-5,9,15,20-21H,3,6-8,10-11H2,1-2H3/t15-,17-/m1/s1. The molecule has 1 heterocycles. The molecule has 5 heteroatoms. The molecule has 0 aliphatic carbocycles. The van der Waals surface area contributed by atoms with Gasteiger partial charge in [0.05, 0.1) is 12.7 Å². The van der Waals surface area contributed by atoms with Gasteiger partial charge in [-0.15, -0.1) is 0 Å². The SMILES string of the molecule is CCC[C@]1(CO)CCN(C(=O)c2ccc(Cl)c(C)c2)C[C@H]1O. The predicted octanol–water partition coefficient (Wildman–Crippen LogP) is 2.63. The first kappa shape index (κ1) is 17.3. The summed E-state index contributed by atoms with van der Waals surface area (Å²) in [4.78, 5) is 14.2. The van der Waals surface area contributed by atoms with Crippen molar-refractivity contribution in [2.24, 2.45) is 5.41 Å². The number of piperidine rings is 1. The maximum Gasteiger partial charge on any atom is 0.253 e. The Balaban J connectivity index is 2.12. The lowest BCUT2D eigenvalue weighted by Crippen LogP contribution is -2.54. The number of aryl methyl sites for hydroxylation is 1. The van der Waals surface area contributed by atoms with E-state index in [2.05, 4.69) is 0 Å². The fourth-order valence-electron chi connectivity index (χ4n) is 3.22. The van der Waals surface area contributed by atoms with E-state index in [4.69, 9.17) is 11.6 Å². The normalized spacial score (nSPS) is 25.3. The Morgan fingerprint density at radius 2 is 2.23 bits per heavy atom. The molecule has 0 spiro atoms. The van der Waals surface area contributed by atoms with Crippen molar-refractivity contribution in [3.05, 3.63) is 34.3 Å². The van der Waals surface area contributed by atoms with Gasteiger partial charge in [0.1, 0.15) is 0 Å². The van der Waals surface area contributed by atoms with Gasteiger partial charge in [-0.2, -0.15) is 0 Å². The van der Waals surface area contributed by atoms with Crippen LogP contribution in [0.2, 0.25) is 5.02 Å². The molecule has 122 valence electrons. The summed E-state index contributed by atoms with van der Waals surface area (Å²) in [6, 6.07) is 5.21. The second kappa shape index (κ2) is 6.99. The molecular formula is C17H24ClNO3. The van der Waals surface area contributed by atoms with Crippen LogP contribution in [0.15, 0.2) is 18.2 Å². The Kier molecular flexibility index (Phi) is 5.48. The van der Waals surface area contributed by atoms with Crippen LogP contribution in [0.4, 0.5) is 0 Å². The average molecular weight is 326 g/mol. The third kappa shape index (κ3) is 3.29. The number of aliphatic hydroxyl groups excluding tert-OH is 2. The summed E-state index contributed by atoms with van der Waals surface area (Å²) in [5.41, 5.74) is 0.975. The second-order valence-corrected chi connectivity index (χ2v) is 6.66. The smallest absolute Gasteiger partial charge is 0.253 e. The Bertz CT molecular complexity index is 549. The minimum atomic E-state index is -0.691. The van der Waals surface area contributed by atoms with Gasteiger partial charge in [0.2, 0.25) is 0 Å². The molecule has 4 nitrogen and oxygen atoms in total. The number of β-amino-alcohol motifs (C(OH)–C–C–N with tert-alkyl or cyclic N) is 1. The van der Waals surface area contributed by atoms with Gasteiger partial charge in [-0.1, -0.05) is 24.9 Å². The van der Waals surface area contributed by atoms with Gasteiger partial charge in [0, 0.05) is 29.1 Å². The number of rotatable bonds is 4. The summed E-state index contributed by atoms with van der Waals surface area (Å²) in [5, 5.41) is 20.8. The van der Waals surface area contributed by atoms with Crippen LogP contribution in [0.3, 0.4) is 0 Å². The first-order valence-corrected chi connectivity index (χ1v) is 8.15. The Morgan fingerprint density at radius 1 is 1.50 bits per heavy atom. The van der Waals surface area contributed by atoms with E-state index in [1.165, 1.54) is 0 Å². The highest BCUT2D eigenvalue weighted by Gasteiger charge is 2.42. The minimum Gasteiger partial charge on any atom is -0.396 e. The van der Waals surface area contributed by atoms with Crippen LogP contribution in [0.1, 0.15) is 42.1 Å². The van der Waals surface area contributed by atoms with E-state index < -0.39 is 11.5 Å². The molecule has 1 aliphatic heterocycles. The average Bonchev–Trinajstić information content (AvgIpc) is 2.51. The largest absolute Gasteiger partial charge is 0.396 e. The number of amides is 1. The molecule has 1 aromatic rings. The molecule has 0 saturated carbocycles. The van der Waals surface area contributed by atoms with Gasteiger partial charge in [-0.25, -0.2) is 0 Å². The summed E-state index contributed by atoms with van der Waals surface area (Å²) in [6.45, 7) is 4.68.